The molecule has 1 unspecified atom stereocenters. The van der Waals surface area contributed by atoms with Gasteiger partial charge in [0.2, 0.25) is 15.9 Å². The summed E-state index contributed by atoms with van der Waals surface area (Å²) in [6, 6.07) is 2.28. The summed E-state index contributed by atoms with van der Waals surface area (Å²) in [6.07, 6.45) is 4.58. The van der Waals surface area contributed by atoms with Gasteiger partial charge in [0, 0.05) is 54.3 Å². The molecule has 5 heterocycles. The first-order valence-electron chi connectivity index (χ1n) is 11.6. The van der Waals surface area contributed by atoms with Gasteiger partial charge < -0.3 is 14.5 Å². The maximum Gasteiger partial charge on any atom is 0.240 e. The quantitative estimate of drug-likeness (QED) is 0.729. The molecule has 3 atom stereocenters. The smallest absolute Gasteiger partial charge is 0.240 e. The van der Waals surface area contributed by atoms with Gasteiger partial charge in [-0.05, 0) is 44.2 Å². The Bertz CT molecular complexity index is 956. The molecule has 0 saturated carbocycles. The van der Waals surface area contributed by atoms with Crippen LogP contribution >= 0.6 is 11.3 Å². The van der Waals surface area contributed by atoms with Crippen LogP contribution in [0.5, 0.6) is 0 Å². The van der Waals surface area contributed by atoms with Crippen LogP contribution in [0.15, 0.2) is 6.07 Å². The fraction of sp³-hybridized carbons (Fsp3) is 0.773. The van der Waals surface area contributed by atoms with E-state index >= 15 is 0 Å². The van der Waals surface area contributed by atoms with Crippen molar-refractivity contribution in [3.8, 4) is 0 Å². The molecule has 4 aliphatic heterocycles. The predicted molar refractivity (Wildman–Crippen MR) is 121 cm³/mol. The van der Waals surface area contributed by atoms with E-state index in [9.17, 15) is 13.2 Å². The minimum Gasteiger partial charge on any atom is -0.370 e. The van der Waals surface area contributed by atoms with Crippen molar-refractivity contribution in [2.45, 2.75) is 63.6 Å². The number of amides is 1. The maximum absolute atomic E-state index is 12.5. The van der Waals surface area contributed by atoms with Crippen LogP contribution in [0.2, 0.25) is 0 Å². The predicted octanol–water partition coefficient (Wildman–Crippen LogP) is 1.71. The van der Waals surface area contributed by atoms with Crippen LogP contribution in [-0.2, 0) is 38.0 Å². The highest BCUT2D eigenvalue weighted by molar-refractivity contribution is 7.89. The minimum atomic E-state index is -3.25. The van der Waals surface area contributed by atoms with E-state index in [0.717, 1.165) is 58.5 Å². The first kappa shape index (κ1) is 21.8. The minimum absolute atomic E-state index is 0.0569. The summed E-state index contributed by atoms with van der Waals surface area (Å²) >= 11 is 1.97. The molecular weight excluding hydrogens is 434 g/mol. The zero-order valence-electron chi connectivity index (χ0n) is 18.4. The van der Waals surface area contributed by atoms with Crippen LogP contribution in [0.3, 0.4) is 0 Å². The molecule has 7 nitrogen and oxygen atoms in total. The Morgan fingerprint density at radius 2 is 2.19 bits per heavy atom. The number of ether oxygens (including phenoxy) is 1. The van der Waals surface area contributed by atoms with E-state index in [2.05, 4.69) is 29.5 Å². The number of sulfonamides is 1. The molecule has 5 rings (SSSR count). The van der Waals surface area contributed by atoms with Gasteiger partial charge in [-0.2, -0.15) is 0 Å². The van der Waals surface area contributed by atoms with Crippen LogP contribution in [-0.4, -0.2) is 74.7 Å². The largest absolute Gasteiger partial charge is 0.370 e. The molecule has 4 aliphatic rings. The molecule has 0 bridgehead atoms. The second-order valence-electron chi connectivity index (χ2n) is 9.68. The number of hydrogen-bond acceptors (Lipinski definition) is 6. The van der Waals surface area contributed by atoms with Crippen molar-refractivity contribution in [2.24, 2.45) is 5.92 Å². The lowest BCUT2D eigenvalue weighted by molar-refractivity contribution is -0.141. The second kappa shape index (κ2) is 8.09. The van der Waals surface area contributed by atoms with Crippen LogP contribution in [0.1, 0.15) is 48.4 Å². The monoisotopic (exact) mass is 467 g/mol. The van der Waals surface area contributed by atoms with E-state index < -0.39 is 16.1 Å². The lowest BCUT2D eigenvalue weighted by Gasteiger charge is -2.50. The van der Waals surface area contributed by atoms with E-state index in [0.29, 0.717) is 18.4 Å². The average molecular weight is 468 g/mol. The average Bonchev–Trinajstić information content (AvgIpc) is 3.29. The Kier molecular flexibility index (Phi) is 5.70. The molecule has 31 heavy (non-hydrogen) atoms. The van der Waals surface area contributed by atoms with Crippen molar-refractivity contribution < 1.29 is 17.9 Å². The Morgan fingerprint density at radius 3 is 2.87 bits per heavy atom. The zero-order chi connectivity index (χ0) is 21.8. The number of thiophene rings is 1. The van der Waals surface area contributed by atoms with Crippen molar-refractivity contribution in [3.63, 3.8) is 0 Å². The zero-order valence-corrected chi connectivity index (χ0v) is 20.1. The third kappa shape index (κ3) is 4.08. The summed E-state index contributed by atoms with van der Waals surface area (Å²) in [5.74, 6) is 0.464. The molecule has 0 aliphatic carbocycles. The van der Waals surface area contributed by atoms with E-state index in [-0.39, 0.29) is 17.3 Å². The molecule has 1 aromatic rings. The number of fused-ring (bicyclic) bond motifs is 2. The van der Waals surface area contributed by atoms with Crippen molar-refractivity contribution in [3.05, 3.63) is 21.4 Å². The summed E-state index contributed by atoms with van der Waals surface area (Å²) in [5, 5.41) is 0. The Balaban J connectivity index is 1.16. The fourth-order valence-electron chi connectivity index (χ4n) is 5.75. The lowest BCUT2D eigenvalue weighted by atomic mass is 9.79. The number of aryl methyl sites for hydroxylation is 1. The summed E-state index contributed by atoms with van der Waals surface area (Å²) in [4.78, 5) is 19.9. The fourth-order valence-corrected chi connectivity index (χ4v) is 8.24. The van der Waals surface area contributed by atoms with Gasteiger partial charge in [0.1, 0.15) is 6.04 Å². The molecule has 0 aromatic carbocycles. The van der Waals surface area contributed by atoms with Gasteiger partial charge >= 0.3 is 0 Å². The number of piperidine rings is 1. The highest BCUT2D eigenvalue weighted by Gasteiger charge is 2.46. The Morgan fingerprint density at radius 1 is 1.39 bits per heavy atom. The van der Waals surface area contributed by atoms with Gasteiger partial charge in [0.15, 0.2) is 0 Å². The molecule has 1 aromatic heterocycles. The van der Waals surface area contributed by atoms with E-state index in [1.807, 2.05) is 16.2 Å². The van der Waals surface area contributed by atoms with Crippen molar-refractivity contribution >= 4 is 27.3 Å². The van der Waals surface area contributed by atoms with Crippen molar-refractivity contribution in [2.75, 3.05) is 38.5 Å². The molecule has 3 fully saturated rings. The lowest BCUT2D eigenvalue weighted by Crippen LogP contribution is -2.59. The first-order chi connectivity index (χ1) is 14.8. The highest BCUT2D eigenvalue weighted by atomic mass is 32.2. The summed E-state index contributed by atoms with van der Waals surface area (Å²) < 4.78 is 32.1. The Labute approximate surface area is 189 Å². The number of carbonyl (C=O) groups excluding carboxylic acids is 1. The van der Waals surface area contributed by atoms with Crippen molar-refractivity contribution in [1.82, 2.24) is 14.5 Å². The molecule has 3 saturated heterocycles. The highest BCUT2D eigenvalue weighted by Crippen LogP contribution is 2.46. The third-order valence-corrected chi connectivity index (χ3v) is 10.3. The van der Waals surface area contributed by atoms with Crippen LogP contribution in [0.4, 0.5) is 0 Å². The molecule has 0 radical (unpaired) electrons. The number of nitrogens with one attached hydrogen (secondary N) is 1. The van der Waals surface area contributed by atoms with E-state index in [1.165, 1.54) is 15.3 Å². The van der Waals surface area contributed by atoms with Crippen LogP contribution in [0.25, 0.3) is 0 Å². The standard InChI is InChI=1S/C22H33N3O4S2/c1-3-17-10-18-20(30-17)4-8-29-22(18)6-7-24(15(2)11-22)12-16-13-25(14-16)21(26)19-5-9-31(27,28)23-19/h10,15-16,19,23H,3-9,11-14H2,1-2H3/t15-,19?,22+/m0/s1. The van der Waals surface area contributed by atoms with Gasteiger partial charge in [-0.3, -0.25) is 4.79 Å². The first-order valence-corrected chi connectivity index (χ1v) is 14.0. The number of rotatable bonds is 4. The molecule has 1 amide bonds. The molecule has 9 heteroatoms. The van der Waals surface area contributed by atoms with Gasteiger partial charge in [-0.15, -0.1) is 11.3 Å². The topological polar surface area (TPSA) is 79.0 Å². The van der Waals surface area contributed by atoms with Crippen LogP contribution in [0, 0.1) is 5.92 Å². The van der Waals surface area contributed by atoms with Crippen molar-refractivity contribution in [1.29, 1.82) is 0 Å². The van der Waals surface area contributed by atoms with E-state index in [4.69, 9.17) is 4.74 Å². The summed E-state index contributed by atoms with van der Waals surface area (Å²) in [7, 11) is -3.25. The van der Waals surface area contributed by atoms with Crippen LogP contribution < -0.4 is 4.72 Å². The maximum atomic E-state index is 12.5. The molecular formula is C22H33N3O4S2. The Hall–Kier alpha value is -1.00. The second-order valence-corrected chi connectivity index (χ2v) is 12.8. The number of nitrogens with zero attached hydrogens (tertiary/aromatic N) is 2. The molecule has 1 N–H and O–H groups in total. The number of hydrogen-bond donors (Lipinski definition) is 1. The molecule has 172 valence electrons. The normalized spacial score (nSPS) is 33.4. The number of likely N-dealkylation sites (tertiary alicyclic amines) is 2. The summed E-state index contributed by atoms with van der Waals surface area (Å²) in [6.45, 7) is 8.84. The van der Waals surface area contributed by atoms with Gasteiger partial charge in [-0.25, -0.2) is 13.1 Å². The third-order valence-electron chi connectivity index (χ3n) is 7.51. The molecule has 1 spiro atoms. The van der Waals surface area contributed by atoms with Gasteiger partial charge in [-0.1, -0.05) is 6.92 Å². The van der Waals surface area contributed by atoms with Gasteiger partial charge in [0.25, 0.3) is 0 Å². The number of carbonyl (C=O) groups is 1. The van der Waals surface area contributed by atoms with Gasteiger partial charge in [0.05, 0.1) is 18.0 Å². The summed E-state index contributed by atoms with van der Waals surface area (Å²) in [5.41, 5.74) is 1.33. The SMILES string of the molecule is CCc1cc2c(s1)CCO[C@@]21CCN(CC2CN(C(=O)C3CCS(=O)(=O)N3)C2)[C@@H](C)C1. The van der Waals surface area contributed by atoms with E-state index in [1.54, 1.807) is 0 Å².